The van der Waals surface area contributed by atoms with Gasteiger partial charge in [0.1, 0.15) is 0 Å². The highest BCUT2D eigenvalue weighted by molar-refractivity contribution is 7.11. The van der Waals surface area contributed by atoms with E-state index in [1.54, 1.807) is 18.4 Å². The van der Waals surface area contributed by atoms with Crippen LogP contribution in [0.25, 0.3) is 5.69 Å². The molecule has 0 amide bonds. The van der Waals surface area contributed by atoms with Crippen LogP contribution in [-0.2, 0) is 13.0 Å². The van der Waals surface area contributed by atoms with Crippen LogP contribution >= 0.6 is 11.3 Å². The van der Waals surface area contributed by atoms with Gasteiger partial charge in [-0.15, -0.1) is 11.3 Å². The van der Waals surface area contributed by atoms with Crippen molar-refractivity contribution in [2.24, 2.45) is 4.99 Å². The summed E-state index contributed by atoms with van der Waals surface area (Å²) in [5.74, 6) is 0.821. The predicted molar refractivity (Wildman–Crippen MR) is 116 cm³/mol. The summed E-state index contributed by atoms with van der Waals surface area (Å²) in [6.07, 6.45) is 4.13. The number of nitrogens with one attached hydrogen (secondary N) is 2. The number of aromatic nitrogens is 3. The predicted octanol–water partition coefficient (Wildman–Crippen LogP) is 3.55. The Morgan fingerprint density at radius 2 is 1.89 bits per heavy atom. The van der Waals surface area contributed by atoms with Gasteiger partial charge in [-0.3, -0.25) is 4.99 Å². The zero-order valence-electron chi connectivity index (χ0n) is 17.0. The quantitative estimate of drug-likeness (QED) is 0.364. The van der Waals surface area contributed by atoms with E-state index < -0.39 is 0 Å². The molecule has 2 heterocycles. The summed E-state index contributed by atoms with van der Waals surface area (Å²) < 4.78 is 1.96. The number of nitrogens with zero attached hydrogens (tertiary/aromatic N) is 4. The SMILES string of the molecule is CN=C(NCCCc1cn(-c2ccccc2)nc1C)NCc1sc(C)nc1C. The monoisotopic (exact) mass is 396 g/mol. The van der Waals surface area contributed by atoms with Crippen LogP contribution in [-0.4, -0.2) is 34.3 Å². The lowest BCUT2D eigenvalue weighted by atomic mass is 10.1. The minimum absolute atomic E-state index is 0.750. The third-order valence-electron chi connectivity index (χ3n) is 4.58. The van der Waals surface area contributed by atoms with Gasteiger partial charge < -0.3 is 10.6 Å². The molecule has 0 aliphatic carbocycles. The topological polar surface area (TPSA) is 67.1 Å². The van der Waals surface area contributed by atoms with Gasteiger partial charge >= 0.3 is 0 Å². The summed E-state index contributed by atoms with van der Waals surface area (Å²) in [5.41, 5.74) is 4.55. The Morgan fingerprint density at radius 1 is 1.11 bits per heavy atom. The van der Waals surface area contributed by atoms with Crippen molar-refractivity contribution in [3.8, 4) is 5.69 Å². The maximum Gasteiger partial charge on any atom is 0.191 e. The van der Waals surface area contributed by atoms with Gasteiger partial charge in [0, 0.05) is 24.7 Å². The summed E-state index contributed by atoms with van der Waals surface area (Å²) in [4.78, 5) is 10.0. The van der Waals surface area contributed by atoms with E-state index in [0.717, 1.165) is 54.0 Å². The van der Waals surface area contributed by atoms with E-state index in [-0.39, 0.29) is 0 Å². The van der Waals surface area contributed by atoms with Crippen molar-refractivity contribution in [3.63, 3.8) is 0 Å². The lowest BCUT2D eigenvalue weighted by Crippen LogP contribution is -2.37. The normalized spacial score (nSPS) is 11.6. The van der Waals surface area contributed by atoms with Crippen LogP contribution in [0.1, 0.15) is 33.3 Å². The van der Waals surface area contributed by atoms with Crippen molar-refractivity contribution in [1.29, 1.82) is 0 Å². The third kappa shape index (κ3) is 5.19. The van der Waals surface area contributed by atoms with Gasteiger partial charge in [0.2, 0.25) is 0 Å². The van der Waals surface area contributed by atoms with Crippen molar-refractivity contribution >= 4 is 17.3 Å². The van der Waals surface area contributed by atoms with Crippen molar-refractivity contribution in [3.05, 3.63) is 63.4 Å². The fraction of sp³-hybridized carbons (Fsp3) is 0.381. The van der Waals surface area contributed by atoms with Crippen LogP contribution in [0.3, 0.4) is 0 Å². The molecule has 28 heavy (non-hydrogen) atoms. The molecule has 0 unspecified atom stereocenters. The number of para-hydroxylation sites is 1. The molecule has 0 spiro atoms. The minimum Gasteiger partial charge on any atom is -0.356 e. The molecular weight excluding hydrogens is 368 g/mol. The summed E-state index contributed by atoms with van der Waals surface area (Å²) in [7, 11) is 1.80. The Morgan fingerprint density at radius 3 is 2.57 bits per heavy atom. The molecule has 2 aromatic heterocycles. The highest BCUT2D eigenvalue weighted by Gasteiger charge is 2.08. The first-order chi connectivity index (χ1) is 13.6. The second-order valence-corrected chi connectivity index (χ2v) is 8.01. The van der Waals surface area contributed by atoms with E-state index in [1.165, 1.54) is 10.4 Å². The number of hydrogen-bond donors (Lipinski definition) is 2. The lowest BCUT2D eigenvalue weighted by molar-refractivity contribution is 0.741. The van der Waals surface area contributed by atoms with Gasteiger partial charge in [0.25, 0.3) is 0 Å². The minimum atomic E-state index is 0.750. The Hall–Kier alpha value is -2.67. The molecule has 148 valence electrons. The molecule has 7 heteroatoms. The average Bonchev–Trinajstić information content (AvgIpc) is 3.23. The number of rotatable bonds is 7. The fourth-order valence-corrected chi connectivity index (χ4v) is 3.94. The highest BCUT2D eigenvalue weighted by Crippen LogP contribution is 2.16. The van der Waals surface area contributed by atoms with Gasteiger partial charge in [0.05, 0.1) is 28.6 Å². The number of aliphatic imine (C=N–C) groups is 1. The van der Waals surface area contributed by atoms with Gasteiger partial charge in [-0.25, -0.2) is 9.67 Å². The third-order valence-corrected chi connectivity index (χ3v) is 5.65. The van der Waals surface area contributed by atoms with E-state index in [1.807, 2.05) is 29.8 Å². The first kappa shape index (κ1) is 20.1. The second kappa shape index (κ2) is 9.50. The molecule has 3 aromatic rings. The zero-order chi connectivity index (χ0) is 19.9. The van der Waals surface area contributed by atoms with Crippen LogP contribution in [0, 0.1) is 20.8 Å². The van der Waals surface area contributed by atoms with Gasteiger partial charge in [-0.05, 0) is 51.3 Å². The van der Waals surface area contributed by atoms with Crippen LogP contribution in [0.5, 0.6) is 0 Å². The van der Waals surface area contributed by atoms with Gasteiger partial charge in [-0.1, -0.05) is 18.2 Å². The van der Waals surface area contributed by atoms with E-state index in [2.05, 4.69) is 57.9 Å². The molecular formula is C21H28N6S. The molecule has 0 bridgehead atoms. The number of benzene rings is 1. The average molecular weight is 397 g/mol. The molecule has 3 rings (SSSR count). The smallest absolute Gasteiger partial charge is 0.191 e. The first-order valence-electron chi connectivity index (χ1n) is 9.55. The lowest BCUT2D eigenvalue weighted by Gasteiger charge is -2.11. The second-order valence-electron chi connectivity index (χ2n) is 6.72. The molecule has 0 saturated heterocycles. The van der Waals surface area contributed by atoms with Gasteiger partial charge in [0.15, 0.2) is 5.96 Å². The number of aryl methyl sites for hydroxylation is 4. The Balaban J connectivity index is 1.46. The summed E-state index contributed by atoms with van der Waals surface area (Å²) in [6, 6.07) is 10.2. The van der Waals surface area contributed by atoms with Crippen molar-refractivity contribution in [2.75, 3.05) is 13.6 Å². The molecule has 0 atom stereocenters. The van der Waals surface area contributed by atoms with Gasteiger partial charge in [-0.2, -0.15) is 5.10 Å². The molecule has 0 fully saturated rings. The molecule has 0 aliphatic heterocycles. The summed E-state index contributed by atoms with van der Waals surface area (Å²) >= 11 is 1.73. The van der Waals surface area contributed by atoms with Crippen molar-refractivity contribution in [2.45, 2.75) is 40.2 Å². The number of guanidine groups is 1. The summed E-state index contributed by atoms with van der Waals surface area (Å²) in [6.45, 7) is 7.77. The van der Waals surface area contributed by atoms with E-state index >= 15 is 0 Å². The highest BCUT2D eigenvalue weighted by atomic mass is 32.1. The molecule has 0 radical (unpaired) electrons. The van der Waals surface area contributed by atoms with E-state index in [9.17, 15) is 0 Å². The Bertz CT molecular complexity index is 926. The molecule has 0 aliphatic rings. The maximum absolute atomic E-state index is 4.64. The Labute approximate surface area is 170 Å². The van der Waals surface area contributed by atoms with Crippen LogP contribution in [0.15, 0.2) is 41.5 Å². The van der Waals surface area contributed by atoms with E-state index in [4.69, 9.17) is 0 Å². The maximum atomic E-state index is 4.64. The molecule has 6 nitrogen and oxygen atoms in total. The number of hydrogen-bond acceptors (Lipinski definition) is 4. The summed E-state index contributed by atoms with van der Waals surface area (Å²) in [5, 5.41) is 12.5. The first-order valence-corrected chi connectivity index (χ1v) is 10.4. The molecule has 2 N–H and O–H groups in total. The van der Waals surface area contributed by atoms with Crippen molar-refractivity contribution < 1.29 is 0 Å². The zero-order valence-corrected chi connectivity index (χ0v) is 17.8. The largest absolute Gasteiger partial charge is 0.356 e. The van der Waals surface area contributed by atoms with E-state index in [0.29, 0.717) is 0 Å². The molecule has 0 saturated carbocycles. The van der Waals surface area contributed by atoms with Crippen molar-refractivity contribution in [1.82, 2.24) is 25.4 Å². The molecule has 1 aromatic carbocycles. The number of thiazole rings is 1. The van der Waals surface area contributed by atoms with Crippen LogP contribution in [0.2, 0.25) is 0 Å². The standard InChI is InChI=1S/C21H28N6S/c1-15-18(14-27(26-15)19-10-6-5-7-11-19)9-8-12-23-21(22-4)24-13-20-16(2)25-17(3)28-20/h5-7,10-11,14H,8-9,12-13H2,1-4H3,(H2,22,23,24). The van der Waals surface area contributed by atoms with Crippen LogP contribution in [0.4, 0.5) is 0 Å². The fourth-order valence-electron chi connectivity index (χ4n) is 3.06. The Kier molecular flexibility index (Phi) is 6.81. The van der Waals surface area contributed by atoms with Crippen LogP contribution < -0.4 is 10.6 Å².